The van der Waals surface area contributed by atoms with E-state index in [-0.39, 0.29) is 23.8 Å². The number of fused-ring (bicyclic) bond motifs is 3. The van der Waals surface area contributed by atoms with Gasteiger partial charge in [-0.25, -0.2) is 0 Å². The van der Waals surface area contributed by atoms with Crippen molar-refractivity contribution in [1.82, 2.24) is 9.80 Å². The molecule has 2 fully saturated rings. The molecule has 0 N–H and O–H groups in total. The minimum absolute atomic E-state index is 0.00254. The lowest BCUT2D eigenvalue weighted by molar-refractivity contribution is -0.135. The number of hydrogen-bond acceptors (Lipinski definition) is 4. The Kier molecular flexibility index (Phi) is 6.97. The highest BCUT2D eigenvalue weighted by Crippen LogP contribution is 2.22. The molecule has 0 radical (unpaired) electrons. The van der Waals surface area contributed by atoms with Crippen LogP contribution < -0.4 is 0 Å². The van der Waals surface area contributed by atoms with E-state index < -0.39 is 0 Å². The number of thiophene rings is 1. The third-order valence-electron chi connectivity index (χ3n) is 5.71. The van der Waals surface area contributed by atoms with Crippen molar-refractivity contribution < 1.29 is 14.3 Å². The smallest absolute Gasteiger partial charge is 0.246 e. The summed E-state index contributed by atoms with van der Waals surface area (Å²) >= 11 is 1.74. The SMILES string of the molecule is O=C(C=Cc1ccccc1)N1C[C@@H]2COC[C@H](C1)N(C(=O)CCCc1cccs1)C2. The molecule has 2 aromatic rings. The molecule has 0 saturated carbocycles. The molecule has 3 heterocycles. The summed E-state index contributed by atoms with van der Waals surface area (Å²) in [6.45, 7) is 2.94. The highest BCUT2D eigenvalue weighted by atomic mass is 32.1. The Labute approximate surface area is 181 Å². The van der Waals surface area contributed by atoms with Gasteiger partial charge in [0.1, 0.15) is 0 Å². The molecular weight excluding hydrogens is 396 g/mol. The number of carbonyl (C=O) groups excluding carboxylic acids is 2. The molecule has 2 atom stereocenters. The number of ether oxygens (including phenoxy) is 1. The van der Waals surface area contributed by atoms with Gasteiger partial charge in [-0.1, -0.05) is 36.4 Å². The van der Waals surface area contributed by atoms with Crippen molar-refractivity contribution in [2.75, 3.05) is 32.8 Å². The highest BCUT2D eigenvalue weighted by Gasteiger charge is 2.36. The van der Waals surface area contributed by atoms with Crippen LogP contribution in [0, 0.1) is 5.92 Å². The lowest BCUT2D eigenvalue weighted by atomic mass is 10.1. The van der Waals surface area contributed by atoms with E-state index in [0.717, 1.165) is 18.4 Å². The quantitative estimate of drug-likeness (QED) is 0.667. The van der Waals surface area contributed by atoms with E-state index >= 15 is 0 Å². The van der Waals surface area contributed by atoms with Gasteiger partial charge in [0.05, 0.1) is 19.3 Å². The Morgan fingerprint density at radius 3 is 2.73 bits per heavy atom. The second kappa shape index (κ2) is 10.0. The second-order valence-corrected chi connectivity index (χ2v) is 9.06. The van der Waals surface area contributed by atoms with Crippen molar-refractivity contribution in [2.45, 2.75) is 25.3 Å². The summed E-state index contributed by atoms with van der Waals surface area (Å²) in [7, 11) is 0. The number of carbonyl (C=O) groups is 2. The Morgan fingerprint density at radius 2 is 1.93 bits per heavy atom. The molecule has 0 aliphatic carbocycles. The van der Waals surface area contributed by atoms with E-state index in [1.807, 2.05) is 46.2 Å². The first kappa shape index (κ1) is 20.8. The molecule has 0 spiro atoms. The molecule has 2 aliphatic rings. The molecule has 30 heavy (non-hydrogen) atoms. The van der Waals surface area contributed by atoms with E-state index in [1.165, 1.54) is 4.88 Å². The lowest BCUT2D eigenvalue weighted by Crippen LogP contribution is -2.47. The van der Waals surface area contributed by atoms with Crippen molar-refractivity contribution in [3.63, 3.8) is 0 Å². The fourth-order valence-electron chi connectivity index (χ4n) is 4.18. The predicted molar refractivity (Wildman–Crippen MR) is 119 cm³/mol. The van der Waals surface area contributed by atoms with Crippen molar-refractivity contribution in [2.24, 2.45) is 5.92 Å². The fourth-order valence-corrected chi connectivity index (χ4v) is 4.93. The highest BCUT2D eigenvalue weighted by molar-refractivity contribution is 7.09. The molecule has 5 nitrogen and oxygen atoms in total. The summed E-state index contributed by atoms with van der Waals surface area (Å²) in [5.41, 5.74) is 1.01. The maximum Gasteiger partial charge on any atom is 0.246 e. The monoisotopic (exact) mass is 424 g/mol. The van der Waals surface area contributed by atoms with Gasteiger partial charge in [0, 0.05) is 42.9 Å². The first-order chi connectivity index (χ1) is 14.7. The van der Waals surface area contributed by atoms with Crippen LogP contribution in [0.1, 0.15) is 23.3 Å². The molecule has 2 saturated heterocycles. The topological polar surface area (TPSA) is 49.9 Å². The summed E-state index contributed by atoms with van der Waals surface area (Å²) in [5.74, 6) is 0.344. The molecule has 2 amide bonds. The van der Waals surface area contributed by atoms with Crippen LogP contribution in [0.4, 0.5) is 0 Å². The first-order valence-electron chi connectivity index (χ1n) is 10.6. The fraction of sp³-hybridized carbons (Fsp3) is 0.417. The van der Waals surface area contributed by atoms with Crippen molar-refractivity contribution in [1.29, 1.82) is 0 Å². The van der Waals surface area contributed by atoms with Crippen LogP contribution in [-0.2, 0) is 20.7 Å². The second-order valence-electron chi connectivity index (χ2n) is 8.02. The van der Waals surface area contributed by atoms with Crippen LogP contribution in [0.3, 0.4) is 0 Å². The van der Waals surface area contributed by atoms with Crippen LogP contribution in [0.2, 0.25) is 0 Å². The van der Waals surface area contributed by atoms with Crippen molar-refractivity contribution in [3.05, 3.63) is 64.4 Å². The van der Waals surface area contributed by atoms with Crippen LogP contribution in [-0.4, -0.2) is 60.5 Å². The third-order valence-corrected chi connectivity index (χ3v) is 6.65. The van der Waals surface area contributed by atoms with Gasteiger partial charge in [0.25, 0.3) is 0 Å². The van der Waals surface area contributed by atoms with Crippen LogP contribution in [0.25, 0.3) is 6.08 Å². The minimum atomic E-state index is -0.0687. The molecule has 0 unspecified atom stereocenters. The molecule has 2 bridgehead atoms. The Morgan fingerprint density at radius 1 is 1.07 bits per heavy atom. The van der Waals surface area contributed by atoms with E-state index in [1.54, 1.807) is 17.4 Å². The van der Waals surface area contributed by atoms with E-state index in [9.17, 15) is 9.59 Å². The van der Waals surface area contributed by atoms with Crippen LogP contribution in [0.15, 0.2) is 53.9 Å². The zero-order chi connectivity index (χ0) is 20.8. The molecule has 158 valence electrons. The molecule has 4 rings (SSSR count). The summed E-state index contributed by atoms with van der Waals surface area (Å²) in [4.78, 5) is 31.0. The number of nitrogens with zero attached hydrogens (tertiary/aromatic N) is 2. The zero-order valence-electron chi connectivity index (χ0n) is 17.1. The molecule has 1 aromatic heterocycles. The third kappa shape index (κ3) is 5.37. The van der Waals surface area contributed by atoms with Crippen molar-refractivity contribution >= 4 is 29.2 Å². The lowest BCUT2D eigenvalue weighted by Gasteiger charge is -2.31. The molecule has 6 heteroatoms. The van der Waals surface area contributed by atoms with Crippen LogP contribution >= 0.6 is 11.3 Å². The van der Waals surface area contributed by atoms with Gasteiger partial charge in [-0.15, -0.1) is 11.3 Å². The standard InChI is InChI=1S/C24H28N2O3S/c27-23(12-11-19-6-2-1-3-7-19)25-14-20-15-26(21(16-25)18-29-17-20)24(28)10-4-8-22-9-5-13-30-22/h1-3,5-7,9,11-13,20-21H,4,8,10,14-18H2/t20-,21-/m0/s1. The van der Waals surface area contributed by atoms with E-state index in [2.05, 4.69) is 17.5 Å². The maximum absolute atomic E-state index is 13.0. The van der Waals surface area contributed by atoms with E-state index in [0.29, 0.717) is 39.3 Å². The zero-order valence-corrected chi connectivity index (χ0v) is 17.9. The number of rotatable bonds is 6. The summed E-state index contributed by atoms with van der Waals surface area (Å²) < 4.78 is 5.81. The average Bonchev–Trinajstić information content (AvgIpc) is 3.09. The van der Waals surface area contributed by atoms with Gasteiger partial charge in [-0.3, -0.25) is 9.59 Å². The Balaban J connectivity index is 1.37. The van der Waals surface area contributed by atoms with Crippen LogP contribution in [0.5, 0.6) is 0 Å². The molecule has 1 aromatic carbocycles. The van der Waals surface area contributed by atoms with Crippen molar-refractivity contribution in [3.8, 4) is 0 Å². The number of hydrogen-bond donors (Lipinski definition) is 0. The predicted octanol–water partition coefficient (Wildman–Crippen LogP) is 3.47. The number of aryl methyl sites for hydroxylation is 1. The number of amides is 2. The van der Waals surface area contributed by atoms with Gasteiger partial charge < -0.3 is 14.5 Å². The van der Waals surface area contributed by atoms with Gasteiger partial charge in [-0.05, 0) is 35.9 Å². The van der Waals surface area contributed by atoms with Gasteiger partial charge in [0.2, 0.25) is 11.8 Å². The molecule has 2 aliphatic heterocycles. The summed E-state index contributed by atoms with van der Waals surface area (Å²) in [6, 6.07) is 13.9. The summed E-state index contributed by atoms with van der Waals surface area (Å²) in [5, 5.41) is 2.07. The van der Waals surface area contributed by atoms with Gasteiger partial charge in [-0.2, -0.15) is 0 Å². The minimum Gasteiger partial charge on any atom is -0.379 e. The normalized spacial score (nSPS) is 21.6. The first-order valence-corrected chi connectivity index (χ1v) is 11.5. The average molecular weight is 425 g/mol. The Hall–Kier alpha value is -2.44. The Bertz CT molecular complexity index is 866. The maximum atomic E-state index is 13.0. The molecular formula is C24H28N2O3S. The van der Waals surface area contributed by atoms with E-state index in [4.69, 9.17) is 4.74 Å². The van der Waals surface area contributed by atoms with Gasteiger partial charge in [0.15, 0.2) is 0 Å². The summed E-state index contributed by atoms with van der Waals surface area (Å²) in [6.07, 6.45) is 5.84. The van der Waals surface area contributed by atoms with Gasteiger partial charge >= 0.3 is 0 Å². The largest absolute Gasteiger partial charge is 0.379 e. The number of benzene rings is 1.